The zero-order valence-electron chi connectivity index (χ0n) is 8.98. The molecular formula is C9H14N4O4. The van der Waals surface area contributed by atoms with Gasteiger partial charge in [-0.15, -0.1) is 0 Å². The maximum Gasteiger partial charge on any atom is 0.352 e. The molecule has 0 aliphatic carbocycles. The third-order valence-corrected chi connectivity index (χ3v) is 2.70. The Morgan fingerprint density at radius 2 is 2.41 bits per heavy atom. The number of ether oxygens (including phenoxy) is 1. The van der Waals surface area contributed by atoms with Gasteiger partial charge in [0.15, 0.2) is 0 Å². The van der Waals surface area contributed by atoms with Gasteiger partial charge in [-0.25, -0.2) is 4.79 Å². The van der Waals surface area contributed by atoms with Gasteiger partial charge in [-0.3, -0.25) is 10.3 Å². The predicted molar refractivity (Wildman–Crippen MR) is 57.7 cm³/mol. The lowest BCUT2D eigenvalue weighted by molar-refractivity contribution is -0.115. The number of nitrogen functional groups attached to an aromatic ring is 1. The molecular weight excluding hydrogens is 228 g/mol. The number of hydrogen-bond donors (Lipinski definition) is 4. The monoisotopic (exact) mass is 242 g/mol. The molecule has 0 saturated carbocycles. The van der Waals surface area contributed by atoms with Crippen LogP contribution in [0.15, 0.2) is 17.1 Å². The molecule has 17 heavy (non-hydrogen) atoms. The SMILES string of the molecule is Nc1ccn([C@@]2(N)C[C@H](O)[C@@H](CO)O2)c(=O)n1. The van der Waals surface area contributed by atoms with E-state index in [1.165, 1.54) is 12.3 Å². The van der Waals surface area contributed by atoms with E-state index in [1.54, 1.807) is 0 Å². The molecule has 1 aromatic heterocycles. The molecule has 1 aromatic rings. The first kappa shape index (κ1) is 12.0. The van der Waals surface area contributed by atoms with Crippen LogP contribution in [0.3, 0.4) is 0 Å². The molecule has 0 bridgehead atoms. The highest BCUT2D eigenvalue weighted by atomic mass is 16.6. The van der Waals surface area contributed by atoms with Gasteiger partial charge < -0.3 is 20.7 Å². The van der Waals surface area contributed by atoms with Crippen LogP contribution in [0.25, 0.3) is 0 Å². The van der Waals surface area contributed by atoms with E-state index >= 15 is 0 Å². The van der Waals surface area contributed by atoms with Crippen LogP contribution in [-0.4, -0.2) is 38.6 Å². The number of hydrogen-bond acceptors (Lipinski definition) is 7. The molecule has 94 valence electrons. The quantitative estimate of drug-likeness (QED) is 0.451. The van der Waals surface area contributed by atoms with E-state index in [2.05, 4.69) is 4.98 Å². The lowest BCUT2D eigenvalue weighted by atomic mass is 10.1. The summed E-state index contributed by atoms with van der Waals surface area (Å²) in [5.74, 6) is -1.43. The number of anilines is 1. The topological polar surface area (TPSA) is 137 Å². The molecule has 2 rings (SSSR count). The van der Waals surface area contributed by atoms with Gasteiger partial charge in [0.1, 0.15) is 11.9 Å². The zero-order valence-corrected chi connectivity index (χ0v) is 8.98. The summed E-state index contributed by atoms with van der Waals surface area (Å²) in [6, 6.07) is 1.40. The number of aliphatic hydroxyl groups is 2. The van der Waals surface area contributed by atoms with Crippen molar-refractivity contribution < 1.29 is 14.9 Å². The van der Waals surface area contributed by atoms with Gasteiger partial charge in [0.25, 0.3) is 0 Å². The van der Waals surface area contributed by atoms with Crippen LogP contribution in [0.1, 0.15) is 6.42 Å². The standard InChI is InChI=1S/C9H14N4O4/c10-7-1-2-13(8(16)12-7)9(11)3-5(15)6(4-14)17-9/h1-2,5-6,14-15H,3-4,11H2,(H2,10,12,16)/t5-,6+,9-/m0/s1. The van der Waals surface area contributed by atoms with Crippen molar-refractivity contribution in [3.05, 3.63) is 22.7 Å². The van der Waals surface area contributed by atoms with Gasteiger partial charge >= 0.3 is 5.69 Å². The average molecular weight is 242 g/mol. The van der Waals surface area contributed by atoms with Crippen molar-refractivity contribution in [2.45, 2.75) is 24.5 Å². The van der Waals surface area contributed by atoms with Crippen LogP contribution in [0.4, 0.5) is 5.82 Å². The summed E-state index contributed by atoms with van der Waals surface area (Å²) in [7, 11) is 0. The summed E-state index contributed by atoms with van der Waals surface area (Å²) in [4.78, 5) is 15.1. The van der Waals surface area contributed by atoms with E-state index in [4.69, 9.17) is 21.3 Å². The lowest BCUT2D eigenvalue weighted by Crippen LogP contribution is -2.49. The van der Waals surface area contributed by atoms with Crippen molar-refractivity contribution in [3.8, 4) is 0 Å². The highest BCUT2D eigenvalue weighted by Gasteiger charge is 2.45. The molecule has 0 amide bonds. The molecule has 0 unspecified atom stereocenters. The molecule has 1 aliphatic heterocycles. The van der Waals surface area contributed by atoms with Gasteiger partial charge in [0, 0.05) is 12.6 Å². The van der Waals surface area contributed by atoms with Gasteiger partial charge in [0.05, 0.1) is 12.7 Å². The largest absolute Gasteiger partial charge is 0.394 e. The van der Waals surface area contributed by atoms with E-state index in [0.29, 0.717) is 0 Å². The Labute approximate surface area is 96.4 Å². The van der Waals surface area contributed by atoms with E-state index in [-0.39, 0.29) is 18.8 Å². The molecule has 0 spiro atoms. The molecule has 1 aliphatic rings. The molecule has 8 nitrogen and oxygen atoms in total. The highest BCUT2D eigenvalue weighted by molar-refractivity contribution is 5.23. The summed E-state index contributed by atoms with van der Waals surface area (Å²) in [5, 5.41) is 18.6. The fraction of sp³-hybridized carbons (Fsp3) is 0.556. The normalized spacial score (nSPS) is 32.9. The van der Waals surface area contributed by atoms with Crippen molar-refractivity contribution in [1.29, 1.82) is 0 Å². The van der Waals surface area contributed by atoms with Gasteiger partial charge in [-0.05, 0) is 6.07 Å². The molecule has 1 saturated heterocycles. The van der Waals surface area contributed by atoms with Crippen LogP contribution in [0, 0.1) is 0 Å². The van der Waals surface area contributed by atoms with Crippen LogP contribution < -0.4 is 17.2 Å². The van der Waals surface area contributed by atoms with Crippen molar-refractivity contribution in [2.24, 2.45) is 5.73 Å². The summed E-state index contributed by atoms with van der Waals surface area (Å²) in [6.45, 7) is -0.378. The van der Waals surface area contributed by atoms with E-state index < -0.39 is 23.7 Å². The maximum atomic E-state index is 11.6. The Hall–Kier alpha value is -1.48. The Balaban J connectivity index is 2.37. The second-order valence-electron chi connectivity index (χ2n) is 3.96. The third kappa shape index (κ3) is 2.03. The Bertz CT molecular complexity index is 476. The Morgan fingerprint density at radius 1 is 1.71 bits per heavy atom. The number of nitrogens with two attached hydrogens (primary N) is 2. The minimum Gasteiger partial charge on any atom is -0.394 e. The summed E-state index contributed by atoms with van der Waals surface area (Å²) in [5.41, 5.74) is 10.6. The number of aromatic nitrogens is 2. The Morgan fingerprint density at radius 3 is 2.94 bits per heavy atom. The third-order valence-electron chi connectivity index (χ3n) is 2.70. The number of nitrogens with zero attached hydrogens (tertiary/aromatic N) is 2. The van der Waals surface area contributed by atoms with Crippen LogP contribution in [0.2, 0.25) is 0 Å². The zero-order chi connectivity index (χ0) is 12.6. The van der Waals surface area contributed by atoms with Gasteiger partial charge in [-0.1, -0.05) is 0 Å². The first-order valence-electron chi connectivity index (χ1n) is 5.07. The molecule has 8 heteroatoms. The first-order valence-corrected chi connectivity index (χ1v) is 5.07. The van der Waals surface area contributed by atoms with Gasteiger partial charge in [-0.2, -0.15) is 4.98 Å². The van der Waals surface area contributed by atoms with Crippen molar-refractivity contribution >= 4 is 5.82 Å². The molecule has 0 aromatic carbocycles. The summed E-state index contributed by atoms with van der Waals surface area (Å²) >= 11 is 0. The number of aliphatic hydroxyl groups excluding tert-OH is 2. The van der Waals surface area contributed by atoms with Crippen LogP contribution >= 0.6 is 0 Å². The van der Waals surface area contributed by atoms with Crippen LogP contribution in [0.5, 0.6) is 0 Å². The second-order valence-corrected chi connectivity index (χ2v) is 3.96. The predicted octanol–water partition coefficient (Wildman–Crippen LogP) is -2.46. The van der Waals surface area contributed by atoms with Gasteiger partial charge in [0.2, 0.25) is 5.85 Å². The Kier molecular flexibility index (Phi) is 2.87. The molecule has 6 N–H and O–H groups in total. The fourth-order valence-corrected chi connectivity index (χ4v) is 1.84. The van der Waals surface area contributed by atoms with Crippen LogP contribution in [-0.2, 0) is 10.6 Å². The van der Waals surface area contributed by atoms with E-state index in [9.17, 15) is 9.90 Å². The highest BCUT2D eigenvalue weighted by Crippen LogP contribution is 2.29. The van der Waals surface area contributed by atoms with E-state index in [0.717, 1.165) is 4.57 Å². The first-order chi connectivity index (χ1) is 7.96. The molecule has 1 fully saturated rings. The lowest BCUT2D eigenvalue weighted by Gasteiger charge is -2.25. The minimum atomic E-state index is -1.51. The van der Waals surface area contributed by atoms with E-state index in [1.807, 2.05) is 0 Å². The maximum absolute atomic E-state index is 11.6. The smallest absolute Gasteiger partial charge is 0.352 e. The second kappa shape index (κ2) is 4.08. The van der Waals surface area contributed by atoms with Crippen molar-refractivity contribution in [2.75, 3.05) is 12.3 Å². The summed E-state index contributed by atoms with van der Waals surface area (Å²) < 4.78 is 6.32. The molecule has 0 radical (unpaired) electrons. The fourth-order valence-electron chi connectivity index (χ4n) is 1.84. The molecule has 3 atom stereocenters. The summed E-state index contributed by atoms with van der Waals surface area (Å²) in [6.07, 6.45) is -0.417. The minimum absolute atomic E-state index is 0.0102. The van der Waals surface area contributed by atoms with Crippen molar-refractivity contribution in [3.63, 3.8) is 0 Å². The van der Waals surface area contributed by atoms with Crippen molar-refractivity contribution in [1.82, 2.24) is 9.55 Å². The number of rotatable bonds is 2. The average Bonchev–Trinajstić information content (AvgIpc) is 2.54. The molecule has 2 heterocycles.